The van der Waals surface area contributed by atoms with Crippen LogP contribution in [0.5, 0.6) is 0 Å². The fraction of sp³-hybridized carbons (Fsp3) is 0.767. The average molecular weight is 498 g/mol. The van der Waals surface area contributed by atoms with Crippen molar-refractivity contribution in [1.29, 1.82) is 0 Å². The van der Waals surface area contributed by atoms with Crippen LogP contribution in [-0.2, 0) is 9.53 Å². The molecule has 0 radical (unpaired) electrons. The number of ether oxygens (including phenoxy) is 1. The first-order valence-electron chi connectivity index (χ1n) is 14.4. The number of rotatable bonds is 8. The largest absolute Gasteiger partial charge is 0.397 e. The third kappa shape index (κ3) is 4.58. The Kier molecular flexibility index (Phi) is 7.41. The molecule has 0 bridgehead atoms. The molecule has 4 aliphatic rings. The van der Waals surface area contributed by atoms with Gasteiger partial charge >= 0.3 is 0 Å². The summed E-state index contributed by atoms with van der Waals surface area (Å²) in [6.45, 7) is 5.95. The molecule has 6 nitrogen and oxygen atoms in total. The highest BCUT2D eigenvalue weighted by Crippen LogP contribution is 2.64. The summed E-state index contributed by atoms with van der Waals surface area (Å²) in [5.41, 5.74) is 10.4. The predicted octanol–water partition coefficient (Wildman–Crippen LogP) is 4.82. The quantitative estimate of drug-likeness (QED) is 0.353. The van der Waals surface area contributed by atoms with Crippen LogP contribution in [0.25, 0.3) is 0 Å². The Hall–Kier alpha value is -1.63. The van der Waals surface area contributed by atoms with Gasteiger partial charge in [0.05, 0.1) is 30.1 Å². The zero-order valence-corrected chi connectivity index (χ0v) is 22.5. The van der Waals surface area contributed by atoms with Crippen LogP contribution in [0.4, 0.5) is 11.4 Å². The number of hydrogen-bond acceptors (Lipinski definition) is 6. The van der Waals surface area contributed by atoms with Gasteiger partial charge in [-0.3, -0.25) is 9.80 Å². The Balaban J connectivity index is 1.26. The van der Waals surface area contributed by atoms with E-state index in [2.05, 4.69) is 12.3 Å². The smallest absolute Gasteiger partial charge is 0.157 e. The van der Waals surface area contributed by atoms with E-state index in [1.54, 1.807) is 0 Å². The second kappa shape index (κ2) is 10.3. The number of benzene rings is 1. The van der Waals surface area contributed by atoms with Crippen molar-refractivity contribution < 1.29 is 14.6 Å². The van der Waals surface area contributed by atoms with Crippen LogP contribution in [0.15, 0.2) is 24.3 Å². The van der Waals surface area contributed by atoms with Gasteiger partial charge in [0.2, 0.25) is 0 Å². The molecule has 4 N–H and O–H groups in total. The maximum atomic E-state index is 13.7. The number of ketones is 1. The first kappa shape index (κ1) is 26.0. The van der Waals surface area contributed by atoms with E-state index in [1.165, 1.54) is 25.7 Å². The maximum absolute atomic E-state index is 13.7. The maximum Gasteiger partial charge on any atom is 0.157 e. The molecule has 0 heterocycles. The second-order valence-corrected chi connectivity index (χ2v) is 12.5. The van der Waals surface area contributed by atoms with E-state index in [9.17, 15) is 9.90 Å². The summed E-state index contributed by atoms with van der Waals surface area (Å²) in [4.78, 5) is 13.7. The fourth-order valence-corrected chi connectivity index (χ4v) is 9.20. The molecule has 36 heavy (non-hydrogen) atoms. The monoisotopic (exact) mass is 497 g/mol. The highest BCUT2D eigenvalue weighted by Gasteiger charge is 2.59. The van der Waals surface area contributed by atoms with E-state index >= 15 is 0 Å². The van der Waals surface area contributed by atoms with Gasteiger partial charge in [0.15, 0.2) is 5.78 Å². The van der Waals surface area contributed by atoms with Crippen molar-refractivity contribution >= 4 is 17.2 Å². The second-order valence-electron chi connectivity index (χ2n) is 12.5. The molecule has 0 aromatic heterocycles. The summed E-state index contributed by atoms with van der Waals surface area (Å²) in [6.07, 6.45) is 10.0. The lowest BCUT2D eigenvalue weighted by atomic mass is 9.49. The molecule has 0 amide bonds. The highest BCUT2D eigenvalue weighted by atomic mass is 16.5. The fourth-order valence-electron chi connectivity index (χ4n) is 9.20. The molecular formula is C30H47N3O3. The van der Waals surface area contributed by atoms with Gasteiger partial charge in [0, 0.05) is 19.6 Å². The topological polar surface area (TPSA) is 87.8 Å². The minimum atomic E-state index is -0.626. The number of nitrogens with two attached hydrogens (primary N) is 1. The van der Waals surface area contributed by atoms with Gasteiger partial charge in [-0.15, -0.1) is 0 Å². The van der Waals surface area contributed by atoms with Crippen molar-refractivity contribution in [2.45, 2.75) is 77.2 Å². The summed E-state index contributed by atoms with van der Waals surface area (Å²) in [5.74, 6) is 4.02. The number of nitrogens with one attached hydrogen (secondary N) is 1. The van der Waals surface area contributed by atoms with Crippen LogP contribution in [0, 0.1) is 40.9 Å². The normalized spacial score (nSPS) is 39.7. The van der Waals surface area contributed by atoms with Gasteiger partial charge in [-0.25, -0.2) is 5.43 Å². The lowest BCUT2D eigenvalue weighted by Crippen LogP contribution is -2.53. The number of para-hydroxylation sites is 2. The summed E-state index contributed by atoms with van der Waals surface area (Å²) in [6, 6.07) is 7.75. The Morgan fingerprint density at radius 1 is 1.11 bits per heavy atom. The van der Waals surface area contributed by atoms with Gasteiger partial charge in [-0.1, -0.05) is 19.1 Å². The van der Waals surface area contributed by atoms with Crippen molar-refractivity contribution in [1.82, 2.24) is 5.43 Å². The van der Waals surface area contributed by atoms with Crippen LogP contribution >= 0.6 is 0 Å². The summed E-state index contributed by atoms with van der Waals surface area (Å²) in [5, 5.41) is 13.1. The molecule has 6 heteroatoms. The van der Waals surface area contributed by atoms with Crippen molar-refractivity contribution in [3.05, 3.63) is 24.3 Å². The molecule has 4 saturated carbocycles. The zero-order valence-electron chi connectivity index (χ0n) is 22.5. The number of nitrogen functional groups attached to an aromatic ring is 1. The molecule has 1 aromatic rings. The Morgan fingerprint density at radius 3 is 2.64 bits per heavy atom. The van der Waals surface area contributed by atoms with Gasteiger partial charge in [0.1, 0.15) is 0 Å². The molecule has 0 aliphatic heterocycles. The van der Waals surface area contributed by atoms with Gasteiger partial charge < -0.3 is 15.6 Å². The summed E-state index contributed by atoms with van der Waals surface area (Å²) >= 11 is 0. The molecule has 0 unspecified atom stereocenters. The van der Waals surface area contributed by atoms with Gasteiger partial charge in [-0.05, 0) is 112 Å². The van der Waals surface area contributed by atoms with Gasteiger partial charge in [-0.2, -0.15) is 0 Å². The molecule has 4 fully saturated rings. The van der Waals surface area contributed by atoms with Gasteiger partial charge in [0.25, 0.3) is 0 Å². The van der Waals surface area contributed by atoms with Crippen LogP contribution in [-0.4, -0.2) is 43.3 Å². The van der Waals surface area contributed by atoms with Crippen molar-refractivity contribution in [2.24, 2.45) is 40.9 Å². The first-order valence-corrected chi connectivity index (χ1v) is 14.4. The van der Waals surface area contributed by atoms with Crippen molar-refractivity contribution in [3.8, 4) is 0 Å². The zero-order chi connectivity index (χ0) is 25.5. The number of hydrogen-bond donors (Lipinski definition) is 3. The predicted molar refractivity (Wildman–Crippen MR) is 144 cm³/mol. The van der Waals surface area contributed by atoms with Crippen molar-refractivity contribution in [2.75, 3.05) is 37.5 Å². The molecule has 5 rings (SSSR count). The van der Waals surface area contributed by atoms with E-state index in [-0.39, 0.29) is 11.3 Å². The number of carbonyl (C=O) groups excluding carboxylic acids is 1. The molecule has 0 saturated heterocycles. The lowest BCUT2D eigenvalue weighted by molar-refractivity contribution is -0.136. The average Bonchev–Trinajstić information content (AvgIpc) is 3.23. The number of carbonyl (C=O) groups is 1. The van der Waals surface area contributed by atoms with E-state index in [0.717, 1.165) is 55.5 Å². The first-order chi connectivity index (χ1) is 17.3. The SMILES string of the molecule is CCOC[C@@]1(O)CC[C@H]2[C@@H](CC[C@@H]3[C@@H]2CC[C@]2(C)[C@@H](C(=O)CN(NC)c4ccccc4N)CC[C@@H]32)C1. The number of aliphatic hydroxyl groups is 1. The standard InChI is InChI=1S/C30H47N3O3/c1-4-36-19-30(35)16-14-21-20(17-30)9-10-23-22(21)13-15-29(2)24(23)11-12-25(29)28(34)18-33(32-3)27-8-6-5-7-26(27)31/h5-8,20-25,32,35H,4,9-19,31H2,1-3H3/t20-,21-,22+,23+,24-,25+,29-,30+/m0/s1. The van der Waals surface area contributed by atoms with Crippen LogP contribution in [0.2, 0.25) is 0 Å². The van der Waals surface area contributed by atoms with Crippen molar-refractivity contribution in [3.63, 3.8) is 0 Å². The third-order valence-corrected chi connectivity index (χ3v) is 10.9. The number of Topliss-reactive ketones (excluding diaryl/α,β-unsaturated/α-hetero) is 1. The third-order valence-electron chi connectivity index (χ3n) is 10.9. The number of nitrogens with zero attached hydrogens (tertiary/aromatic N) is 1. The Bertz CT molecular complexity index is 940. The number of anilines is 2. The Labute approximate surface area is 217 Å². The molecule has 0 spiro atoms. The lowest BCUT2D eigenvalue weighted by Gasteiger charge is -2.57. The van der Waals surface area contributed by atoms with Crippen LogP contribution in [0.1, 0.15) is 71.6 Å². The molecule has 200 valence electrons. The molecule has 4 aliphatic carbocycles. The molecular weight excluding hydrogens is 450 g/mol. The van der Waals surface area contributed by atoms with Crippen LogP contribution in [0.3, 0.4) is 0 Å². The van der Waals surface area contributed by atoms with E-state index in [1.807, 2.05) is 43.2 Å². The minimum Gasteiger partial charge on any atom is -0.397 e. The van der Waals surface area contributed by atoms with E-state index in [0.29, 0.717) is 43.1 Å². The summed E-state index contributed by atoms with van der Waals surface area (Å²) < 4.78 is 5.64. The highest BCUT2D eigenvalue weighted by molar-refractivity contribution is 5.87. The summed E-state index contributed by atoms with van der Waals surface area (Å²) in [7, 11) is 1.86. The van der Waals surface area contributed by atoms with E-state index in [4.69, 9.17) is 10.5 Å². The number of fused-ring (bicyclic) bond motifs is 5. The van der Waals surface area contributed by atoms with E-state index < -0.39 is 5.60 Å². The molecule has 8 atom stereocenters. The minimum absolute atomic E-state index is 0.108. The molecule has 1 aromatic carbocycles. The Morgan fingerprint density at radius 2 is 1.89 bits per heavy atom. The number of hydrazine groups is 1. The van der Waals surface area contributed by atoms with Crippen LogP contribution < -0.4 is 16.2 Å².